The molecule has 2 heterocycles. The fourth-order valence-electron chi connectivity index (χ4n) is 2.77. The normalized spacial score (nSPS) is 30.1. The number of nitrogens with one attached hydrogen (secondary N) is 2. The first kappa shape index (κ1) is 12.7. The van der Waals surface area contributed by atoms with Crippen molar-refractivity contribution < 1.29 is 4.79 Å². The van der Waals surface area contributed by atoms with Crippen molar-refractivity contribution in [2.45, 2.75) is 39.0 Å². The lowest BCUT2D eigenvalue weighted by atomic mass is 9.83. The second-order valence-corrected chi connectivity index (χ2v) is 5.80. The highest BCUT2D eigenvalue weighted by Crippen LogP contribution is 2.24. The zero-order valence-corrected chi connectivity index (χ0v) is 10.9. The summed E-state index contributed by atoms with van der Waals surface area (Å²) in [5.41, 5.74) is 0.240. The molecule has 0 bridgehead atoms. The summed E-state index contributed by atoms with van der Waals surface area (Å²) in [4.78, 5) is 13.9. The number of rotatable bonds is 2. The van der Waals surface area contributed by atoms with E-state index in [1.54, 1.807) is 0 Å². The van der Waals surface area contributed by atoms with Crippen LogP contribution < -0.4 is 10.6 Å². The maximum absolute atomic E-state index is 12.0. The van der Waals surface area contributed by atoms with E-state index in [1.807, 2.05) is 4.90 Å². The van der Waals surface area contributed by atoms with Gasteiger partial charge in [-0.25, -0.2) is 4.79 Å². The molecule has 2 aliphatic rings. The van der Waals surface area contributed by atoms with Crippen molar-refractivity contribution in [1.82, 2.24) is 15.5 Å². The van der Waals surface area contributed by atoms with Gasteiger partial charge in [0.2, 0.25) is 0 Å². The highest BCUT2D eigenvalue weighted by Gasteiger charge is 2.28. The van der Waals surface area contributed by atoms with Crippen molar-refractivity contribution in [3.8, 4) is 0 Å². The molecule has 4 nitrogen and oxygen atoms in total. The van der Waals surface area contributed by atoms with Crippen LogP contribution in [0.15, 0.2) is 0 Å². The lowest BCUT2D eigenvalue weighted by molar-refractivity contribution is 0.172. The van der Waals surface area contributed by atoms with E-state index in [0.717, 1.165) is 45.6 Å². The van der Waals surface area contributed by atoms with Crippen molar-refractivity contribution in [2.24, 2.45) is 5.41 Å². The number of hydrogen-bond acceptors (Lipinski definition) is 2. The fraction of sp³-hybridized carbons (Fsp3) is 0.923. The average Bonchev–Trinajstić information content (AvgIpc) is 2.38. The molecule has 2 rings (SSSR count). The van der Waals surface area contributed by atoms with Gasteiger partial charge in [-0.3, -0.25) is 0 Å². The van der Waals surface area contributed by atoms with Crippen molar-refractivity contribution in [3.05, 3.63) is 0 Å². The van der Waals surface area contributed by atoms with E-state index in [4.69, 9.17) is 0 Å². The van der Waals surface area contributed by atoms with Crippen molar-refractivity contribution in [1.29, 1.82) is 0 Å². The lowest BCUT2D eigenvalue weighted by Crippen LogP contribution is -2.49. The van der Waals surface area contributed by atoms with Gasteiger partial charge < -0.3 is 15.5 Å². The predicted octanol–water partition coefficient (Wildman–Crippen LogP) is 1.57. The molecular formula is C13H25N3O. The van der Waals surface area contributed by atoms with Crippen LogP contribution in [0.1, 0.15) is 39.0 Å². The SMILES string of the molecule is CC1(CNC(=O)N2CCCCC2)CCCNC1. The number of amides is 2. The first-order valence-corrected chi connectivity index (χ1v) is 6.93. The standard InChI is InChI=1S/C13H25N3O/c1-13(6-5-7-14-10-13)11-15-12(17)16-8-3-2-4-9-16/h14H,2-11H2,1H3,(H,15,17). The Balaban J connectivity index is 1.74. The van der Waals surface area contributed by atoms with E-state index in [9.17, 15) is 4.79 Å². The maximum Gasteiger partial charge on any atom is 0.317 e. The molecule has 0 aliphatic carbocycles. The zero-order valence-electron chi connectivity index (χ0n) is 10.9. The summed E-state index contributed by atoms with van der Waals surface area (Å²) in [5.74, 6) is 0. The topological polar surface area (TPSA) is 44.4 Å². The Morgan fingerprint density at radius 2 is 2.06 bits per heavy atom. The van der Waals surface area contributed by atoms with Crippen LogP contribution in [0.25, 0.3) is 0 Å². The number of piperidine rings is 2. The minimum absolute atomic E-state index is 0.136. The van der Waals surface area contributed by atoms with Gasteiger partial charge in [-0.1, -0.05) is 6.92 Å². The van der Waals surface area contributed by atoms with E-state index in [1.165, 1.54) is 19.3 Å². The highest BCUT2D eigenvalue weighted by atomic mass is 16.2. The molecule has 17 heavy (non-hydrogen) atoms. The van der Waals surface area contributed by atoms with E-state index in [0.29, 0.717) is 0 Å². The second kappa shape index (κ2) is 5.71. The zero-order chi connectivity index (χ0) is 12.1. The highest BCUT2D eigenvalue weighted by molar-refractivity contribution is 5.74. The minimum atomic E-state index is 0.136. The average molecular weight is 239 g/mol. The van der Waals surface area contributed by atoms with Crippen LogP contribution in [0.4, 0.5) is 4.79 Å². The van der Waals surface area contributed by atoms with Crippen molar-refractivity contribution >= 4 is 6.03 Å². The Morgan fingerprint density at radius 3 is 2.71 bits per heavy atom. The Bertz CT molecular complexity index is 255. The molecule has 2 aliphatic heterocycles. The molecule has 1 unspecified atom stereocenters. The van der Waals surface area contributed by atoms with Crippen LogP contribution in [0, 0.1) is 5.41 Å². The number of likely N-dealkylation sites (tertiary alicyclic amines) is 1. The smallest absolute Gasteiger partial charge is 0.317 e. The molecule has 2 amide bonds. The third-order valence-corrected chi connectivity index (χ3v) is 4.00. The summed E-state index contributed by atoms with van der Waals surface area (Å²) >= 11 is 0. The monoisotopic (exact) mass is 239 g/mol. The van der Waals surface area contributed by atoms with Gasteiger partial charge >= 0.3 is 6.03 Å². The van der Waals surface area contributed by atoms with E-state index in [-0.39, 0.29) is 11.4 Å². The van der Waals surface area contributed by atoms with Crippen LogP contribution in [0.5, 0.6) is 0 Å². The first-order valence-electron chi connectivity index (χ1n) is 6.93. The molecule has 0 saturated carbocycles. The predicted molar refractivity (Wildman–Crippen MR) is 69.0 cm³/mol. The van der Waals surface area contributed by atoms with Crippen LogP contribution in [-0.4, -0.2) is 43.7 Å². The summed E-state index contributed by atoms with van der Waals surface area (Å²) < 4.78 is 0. The number of hydrogen-bond donors (Lipinski definition) is 2. The van der Waals surface area contributed by atoms with Gasteiger partial charge in [0.05, 0.1) is 0 Å². The number of nitrogens with zero attached hydrogens (tertiary/aromatic N) is 1. The van der Waals surface area contributed by atoms with Gasteiger partial charge in [-0.05, 0) is 44.1 Å². The molecule has 0 aromatic carbocycles. The second-order valence-electron chi connectivity index (χ2n) is 5.80. The number of carbonyl (C=O) groups is 1. The third kappa shape index (κ3) is 3.60. The molecule has 1 atom stereocenters. The summed E-state index contributed by atoms with van der Waals surface area (Å²) in [5, 5.41) is 6.52. The molecule has 2 saturated heterocycles. The van der Waals surface area contributed by atoms with Gasteiger partial charge in [0.15, 0.2) is 0 Å². The van der Waals surface area contributed by atoms with Crippen LogP contribution in [-0.2, 0) is 0 Å². The van der Waals surface area contributed by atoms with Gasteiger partial charge in [0.25, 0.3) is 0 Å². The maximum atomic E-state index is 12.0. The van der Waals surface area contributed by atoms with Crippen molar-refractivity contribution in [3.63, 3.8) is 0 Å². The first-order chi connectivity index (χ1) is 8.20. The largest absolute Gasteiger partial charge is 0.337 e. The van der Waals surface area contributed by atoms with Gasteiger partial charge in [0, 0.05) is 26.2 Å². The Hall–Kier alpha value is -0.770. The quantitative estimate of drug-likeness (QED) is 0.768. The molecule has 98 valence electrons. The van der Waals surface area contributed by atoms with E-state index in [2.05, 4.69) is 17.6 Å². The minimum Gasteiger partial charge on any atom is -0.337 e. The molecule has 0 radical (unpaired) electrons. The molecule has 0 aromatic rings. The summed E-state index contributed by atoms with van der Waals surface area (Å²) in [6.07, 6.45) is 6.01. The number of carbonyl (C=O) groups excluding carboxylic acids is 1. The Labute approximate surface area is 104 Å². The molecule has 0 aromatic heterocycles. The van der Waals surface area contributed by atoms with Crippen LogP contribution in [0.3, 0.4) is 0 Å². The van der Waals surface area contributed by atoms with Gasteiger partial charge in [-0.2, -0.15) is 0 Å². The fourth-order valence-corrected chi connectivity index (χ4v) is 2.77. The summed E-state index contributed by atoms with van der Waals surface area (Å²) in [7, 11) is 0. The molecule has 0 spiro atoms. The molecule has 2 N–H and O–H groups in total. The van der Waals surface area contributed by atoms with Gasteiger partial charge in [-0.15, -0.1) is 0 Å². The van der Waals surface area contributed by atoms with Crippen molar-refractivity contribution in [2.75, 3.05) is 32.7 Å². The summed E-state index contributed by atoms with van der Waals surface area (Å²) in [6.45, 7) is 7.06. The molecular weight excluding hydrogens is 214 g/mol. The van der Waals surface area contributed by atoms with Crippen LogP contribution in [0.2, 0.25) is 0 Å². The Kier molecular flexibility index (Phi) is 4.26. The van der Waals surface area contributed by atoms with Crippen LogP contribution >= 0.6 is 0 Å². The Morgan fingerprint density at radius 1 is 1.29 bits per heavy atom. The van der Waals surface area contributed by atoms with E-state index < -0.39 is 0 Å². The van der Waals surface area contributed by atoms with E-state index >= 15 is 0 Å². The molecule has 4 heteroatoms. The number of urea groups is 1. The third-order valence-electron chi connectivity index (χ3n) is 4.00. The summed E-state index contributed by atoms with van der Waals surface area (Å²) in [6, 6.07) is 0.136. The molecule has 2 fully saturated rings. The lowest BCUT2D eigenvalue weighted by Gasteiger charge is -2.35. The van der Waals surface area contributed by atoms with Gasteiger partial charge in [0.1, 0.15) is 0 Å².